The van der Waals surface area contributed by atoms with Gasteiger partial charge in [-0.25, -0.2) is 0 Å². The molecule has 0 aliphatic carbocycles. The Labute approximate surface area is 82.5 Å². The Morgan fingerprint density at radius 2 is 1.92 bits per heavy atom. The van der Waals surface area contributed by atoms with Crippen LogP contribution in [-0.4, -0.2) is 29.3 Å². The summed E-state index contributed by atoms with van der Waals surface area (Å²) in [5, 5.41) is 0. The van der Waals surface area contributed by atoms with Crippen molar-refractivity contribution in [2.45, 2.75) is 4.90 Å². The molecular weight excluding hydrogens is 262 g/mol. The first-order valence-electron chi connectivity index (χ1n) is 3.34. The van der Waals surface area contributed by atoms with Crippen LogP contribution in [0.4, 0.5) is 4.39 Å². The Bertz CT molecular complexity index is 351. The van der Waals surface area contributed by atoms with Crippen molar-refractivity contribution in [1.82, 2.24) is 0 Å². The quantitative estimate of drug-likeness (QED) is 0.764. The van der Waals surface area contributed by atoms with Crippen LogP contribution in [0.5, 0.6) is 0 Å². The van der Waals surface area contributed by atoms with Gasteiger partial charge in [-0.3, -0.25) is 0 Å². The van der Waals surface area contributed by atoms with E-state index in [1.165, 1.54) is 12.1 Å². The molecule has 0 saturated heterocycles. The molecule has 0 atom stereocenters. The summed E-state index contributed by atoms with van der Waals surface area (Å²) >= 11 is -0.950. The zero-order valence-electron chi connectivity index (χ0n) is 6.51. The van der Waals surface area contributed by atoms with Crippen molar-refractivity contribution < 1.29 is 16.1 Å². The zero-order valence-corrected chi connectivity index (χ0v) is 9.04. The summed E-state index contributed by atoms with van der Waals surface area (Å²) in [6.07, 6.45) is 0. The fourth-order valence-electron chi connectivity index (χ4n) is 0.708. The maximum absolute atomic E-state index is 11.7. The molecule has 6 heteroatoms. The second kappa shape index (κ2) is 4.71. The summed E-state index contributed by atoms with van der Waals surface area (Å²) in [5.74, 6) is 0. The molecule has 13 heavy (non-hydrogen) atoms. The number of hydrogen-bond donors (Lipinski definition) is 0. The summed E-state index contributed by atoms with van der Waals surface area (Å²) in [5.41, 5.74) is -0.751. The van der Waals surface area contributed by atoms with Crippen molar-refractivity contribution >= 4 is 25.4 Å². The Morgan fingerprint density at radius 1 is 1.31 bits per heavy atom. The van der Waals surface area contributed by atoms with Gasteiger partial charge in [0.1, 0.15) is 0 Å². The second-order valence-electron chi connectivity index (χ2n) is 2.06. The third kappa shape index (κ3) is 3.08. The van der Waals surface area contributed by atoms with Gasteiger partial charge >= 0.3 is 82.3 Å². The molecule has 0 unspecified atom stereocenters. The summed E-state index contributed by atoms with van der Waals surface area (Å²) < 4.78 is 38.5. The van der Waals surface area contributed by atoms with Crippen LogP contribution in [0.1, 0.15) is 0 Å². The van der Waals surface area contributed by atoms with Crippen LogP contribution in [0.15, 0.2) is 35.2 Å². The number of hydrogen-bond acceptors (Lipinski definition) is 3. The number of alkyl halides is 1. The predicted molar refractivity (Wildman–Crippen MR) is 46.4 cm³/mol. The average Bonchev–Trinajstić information content (AvgIpc) is 2.16. The molecule has 0 radical (unpaired) electrons. The standard InChI is InChI=1S/C7H7FO3SSe/c8-6-13-11-12(9,10)7-4-2-1-3-5-7/h1-5H,6H2. The fourth-order valence-corrected chi connectivity index (χ4v) is 2.96. The summed E-state index contributed by atoms with van der Waals surface area (Å²) in [4.78, 5) is 0.0605. The molecule has 1 aromatic rings. The van der Waals surface area contributed by atoms with E-state index in [4.69, 9.17) is 0 Å². The third-order valence-corrected chi connectivity index (χ3v) is 4.26. The van der Waals surface area contributed by atoms with Crippen LogP contribution >= 0.6 is 0 Å². The van der Waals surface area contributed by atoms with E-state index < -0.39 is 31.0 Å². The first-order chi connectivity index (χ1) is 6.17. The summed E-state index contributed by atoms with van der Waals surface area (Å²) in [7, 11) is -3.73. The molecule has 0 N–H and O–H groups in total. The normalized spacial score (nSPS) is 11.5. The third-order valence-electron chi connectivity index (χ3n) is 1.21. The van der Waals surface area contributed by atoms with Crippen molar-refractivity contribution in [3.63, 3.8) is 0 Å². The maximum atomic E-state index is 11.7. The van der Waals surface area contributed by atoms with Crippen molar-refractivity contribution in [1.29, 1.82) is 0 Å². The number of halogens is 1. The van der Waals surface area contributed by atoms with Crippen LogP contribution in [0.3, 0.4) is 0 Å². The first-order valence-corrected chi connectivity index (χ1v) is 6.66. The Balaban J connectivity index is 2.83. The molecule has 0 saturated carbocycles. The topological polar surface area (TPSA) is 43.4 Å². The summed E-state index contributed by atoms with van der Waals surface area (Å²) in [6.45, 7) is 0. The van der Waals surface area contributed by atoms with E-state index in [9.17, 15) is 12.8 Å². The van der Waals surface area contributed by atoms with Gasteiger partial charge in [-0.05, 0) is 0 Å². The zero-order chi connectivity index (χ0) is 9.73. The molecule has 0 aromatic heterocycles. The molecule has 1 rings (SSSR count). The Morgan fingerprint density at radius 3 is 2.46 bits per heavy atom. The minimum absolute atomic E-state index is 0.0605. The van der Waals surface area contributed by atoms with E-state index >= 15 is 0 Å². The van der Waals surface area contributed by atoms with Gasteiger partial charge in [0.05, 0.1) is 0 Å². The Hall–Kier alpha value is -0.421. The second-order valence-corrected chi connectivity index (χ2v) is 5.39. The van der Waals surface area contributed by atoms with Crippen molar-refractivity contribution in [3.8, 4) is 0 Å². The average molecular weight is 269 g/mol. The number of benzene rings is 1. The molecule has 0 heterocycles. The van der Waals surface area contributed by atoms with Gasteiger partial charge in [0, 0.05) is 0 Å². The van der Waals surface area contributed by atoms with Crippen LogP contribution < -0.4 is 0 Å². The first kappa shape index (κ1) is 10.7. The number of rotatable bonds is 4. The molecule has 3 nitrogen and oxygen atoms in total. The van der Waals surface area contributed by atoms with Crippen molar-refractivity contribution in [2.75, 3.05) is 5.57 Å². The molecule has 0 spiro atoms. The molecule has 0 amide bonds. The van der Waals surface area contributed by atoms with E-state index in [-0.39, 0.29) is 4.90 Å². The van der Waals surface area contributed by atoms with E-state index in [1.807, 2.05) is 0 Å². The molecule has 0 aliphatic heterocycles. The van der Waals surface area contributed by atoms with Crippen LogP contribution in [0.25, 0.3) is 0 Å². The van der Waals surface area contributed by atoms with Gasteiger partial charge in [0.25, 0.3) is 0 Å². The van der Waals surface area contributed by atoms with Gasteiger partial charge in [-0.2, -0.15) is 0 Å². The Kier molecular flexibility index (Phi) is 3.87. The van der Waals surface area contributed by atoms with E-state index in [1.54, 1.807) is 18.2 Å². The SMILES string of the molecule is O=S(=O)(O[Se]CF)c1ccccc1. The summed E-state index contributed by atoms with van der Waals surface area (Å²) in [6, 6.07) is 7.67. The van der Waals surface area contributed by atoms with Crippen LogP contribution in [-0.2, 0) is 13.4 Å². The van der Waals surface area contributed by atoms with Gasteiger partial charge in [0.2, 0.25) is 0 Å². The van der Waals surface area contributed by atoms with Gasteiger partial charge < -0.3 is 0 Å². The molecule has 0 bridgehead atoms. The van der Waals surface area contributed by atoms with Gasteiger partial charge in [-0.15, -0.1) is 0 Å². The molecule has 0 aliphatic rings. The minimum atomic E-state index is -3.73. The molecule has 72 valence electrons. The van der Waals surface area contributed by atoms with Crippen molar-refractivity contribution in [3.05, 3.63) is 30.3 Å². The van der Waals surface area contributed by atoms with Crippen LogP contribution in [0.2, 0.25) is 0 Å². The van der Waals surface area contributed by atoms with Crippen molar-refractivity contribution in [2.24, 2.45) is 0 Å². The monoisotopic (exact) mass is 270 g/mol. The van der Waals surface area contributed by atoms with Gasteiger partial charge in [-0.1, -0.05) is 0 Å². The van der Waals surface area contributed by atoms with Gasteiger partial charge in [0.15, 0.2) is 0 Å². The van der Waals surface area contributed by atoms with E-state index in [0.717, 1.165) is 0 Å². The fraction of sp³-hybridized carbons (Fsp3) is 0.143. The molecule has 0 fully saturated rings. The van der Waals surface area contributed by atoms with Crippen LogP contribution in [0, 0.1) is 0 Å². The van der Waals surface area contributed by atoms with E-state index in [0.29, 0.717) is 0 Å². The predicted octanol–water partition coefficient (Wildman–Crippen LogP) is 0.938. The molecular formula is C7H7FO3SSe. The molecule has 1 aromatic carbocycles. The van der Waals surface area contributed by atoms with E-state index in [2.05, 4.69) is 3.27 Å².